The van der Waals surface area contributed by atoms with Crippen LogP contribution in [0, 0.1) is 0 Å². The number of oxazole rings is 1. The van der Waals surface area contributed by atoms with Crippen LogP contribution in [0.2, 0.25) is 10.0 Å². The van der Waals surface area contributed by atoms with Crippen LogP contribution >= 0.6 is 23.2 Å². The van der Waals surface area contributed by atoms with Gasteiger partial charge in [0.05, 0.1) is 22.3 Å². The summed E-state index contributed by atoms with van der Waals surface area (Å²) in [5, 5.41) is 3.45. The average molecular weight is 271 g/mol. The lowest BCUT2D eigenvalue weighted by Crippen LogP contribution is -2.22. The Bertz CT molecular complexity index is 526. The molecule has 0 radical (unpaired) electrons. The van der Waals surface area contributed by atoms with Crippen molar-refractivity contribution in [3.8, 4) is 0 Å². The summed E-state index contributed by atoms with van der Waals surface area (Å²) in [5.74, 6) is -0.244. The smallest absolute Gasteiger partial charge is 0.251 e. The summed E-state index contributed by atoms with van der Waals surface area (Å²) >= 11 is 11.6. The highest BCUT2D eigenvalue weighted by atomic mass is 35.5. The van der Waals surface area contributed by atoms with Gasteiger partial charge in [0.25, 0.3) is 5.91 Å². The van der Waals surface area contributed by atoms with E-state index in [2.05, 4.69) is 10.3 Å². The summed E-state index contributed by atoms with van der Waals surface area (Å²) in [5.41, 5.74) is 1.10. The van der Waals surface area contributed by atoms with Gasteiger partial charge in [-0.15, -0.1) is 0 Å². The van der Waals surface area contributed by atoms with Crippen LogP contribution in [0.25, 0.3) is 0 Å². The largest absolute Gasteiger partial charge is 0.451 e. The van der Waals surface area contributed by atoms with Crippen LogP contribution in [0.1, 0.15) is 16.1 Å². The molecule has 17 heavy (non-hydrogen) atoms. The normalized spacial score (nSPS) is 10.2. The fourth-order valence-corrected chi connectivity index (χ4v) is 1.53. The maximum absolute atomic E-state index is 11.7. The van der Waals surface area contributed by atoms with Crippen LogP contribution in [-0.2, 0) is 6.54 Å². The molecule has 0 aliphatic heterocycles. The van der Waals surface area contributed by atoms with Crippen LogP contribution < -0.4 is 5.32 Å². The zero-order chi connectivity index (χ0) is 12.3. The molecule has 0 aliphatic rings. The zero-order valence-corrected chi connectivity index (χ0v) is 10.1. The molecule has 1 aromatic carbocycles. The minimum absolute atomic E-state index is 0.244. The van der Waals surface area contributed by atoms with Gasteiger partial charge in [0.1, 0.15) is 6.26 Å². The van der Waals surface area contributed by atoms with E-state index >= 15 is 0 Å². The first kappa shape index (κ1) is 12.0. The van der Waals surface area contributed by atoms with Crippen LogP contribution in [0.3, 0.4) is 0 Å². The van der Waals surface area contributed by atoms with Crippen LogP contribution in [0.5, 0.6) is 0 Å². The fraction of sp³-hybridized carbons (Fsp3) is 0.0909. The third-order valence-electron chi connectivity index (χ3n) is 2.10. The molecule has 1 N–H and O–H groups in total. The molecule has 1 amide bonds. The summed E-state index contributed by atoms with van der Waals surface area (Å²) in [4.78, 5) is 15.6. The van der Waals surface area contributed by atoms with Crippen LogP contribution in [0.15, 0.2) is 35.3 Å². The summed E-state index contributed by atoms with van der Waals surface area (Å²) < 4.78 is 4.79. The number of rotatable bonds is 3. The summed E-state index contributed by atoms with van der Waals surface area (Å²) in [6, 6.07) is 4.70. The minimum atomic E-state index is -0.244. The van der Waals surface area contributed by atoms with Gasteiger partial charge in [0.2, 0.25) is 0 Å². The first-order chi connectivity index (χ1) is 8.16. The zero-order valence-electron chi connectivity index (χ0n) is 8.61. The second-order valence-corrected chi connectivity index (χ2v) is 4.11. The van der Waals surface area contributed by atoms with Crippen molar-refractivity contribution in [2.75, 3.05) is 0 Å². The number of aromatic nitrogens is 1. The highest BCUT2D eigenvalue weighted by molar-refractivity contribution is 6.42. The van der Waals surface area contributed by atoms with Gasteiger partial charge in [-0.2, -0.15) is 0 Å². The van der Waals surface area contributed by atoms with Crippen molar-refractivity contribution in [2.45, 2.75) is 6.54 Å². The number of benzene rings is 1. The van der Waals surface area contributed by atoms with E-state index in [1.54, 1.807) is 12.1 Å². The molecule has 0 spiro atoms. The molecular weight excluding hydrogens is 263 g/mol. The molecule has 0 aliphatic carbocycles. The number of nitrogens with zero attached hydrogens (tertiary/aromatic N) is 1. The molecule has 0 atom stereocenters. The van der Waals surface area contributed by atoms with Gasteiger partial charge in [-0.25, -0.2) is 4.98 Å². The predicted octanol–water partition coefficient (Wildman–Crippen LogP) is 2.91. The van der Waals surface area contributed by atoms with E-state index in [0.29, 0.717) is 27.8 Å². The first-order valence-corrected chi connectivity index (χ1v) is 5.53. The maximum Gasteiger partial charge on any atom is 0.251 e. The fourth-order valence-electron chi connectivity index (χ4n) is 1.24. The Kier molecular flexibility index (Phi) is 3.66. The molecule has 1 heterocycles. The Morgan fingerprint density at radius 3 is 2.82 bits per heavy atom. The van der Waals surface area contributed by atoms with Crippen molar-refractivity contribution in [3.05, 3.63) is 52.2 Å². The molecule has 88 valence electrons. The van der Waals surface area contributed by atoms with Gasteiger partial charge in [-0.05, 0) is 18.2 Å². The molecule has 0 saturated heterocycles. The lowest BCUT2D eigenvalue weighted by atomic mass is 10.2. The van der Waals surface area contributed by atoms with E-state index in [1.165, 1.54) is 18.7 Å². The van der Waals surface area contributed by atoms with Crippen molar-refractivity contribution < 1.29 is 9.21 Å². The second-order valence-electron chi connectivity index (χ2n) is 3.29. The topological polar surface area (TPSA) is 55.1 Å². The van der Waals surface area contributed by atoms with Gasteiger partial charge >= 0.3 is 0 Å². The van der Waals surface area contributed by atoms with Crippen LogP contribution in [0.4, 0.5) is 0 Å². The Balaban J connectivity index is 2.02. The van der Waals surface area contributed by atoms with Crippen molar-refractivity contribution in [3.63, 3.8) is 0 Å². The van der Waals surface area contributed by atoms with Crippen molar-refractivity contribution in [1.82, 2.24) is 10.3 Å². The van der Waals surface area contributed by atoms with Gasteiger partial charge < -0.3 is 9.73 Å². The Morgan fingerprint density at radius 2 is 2.18 bits per heavy atom. The highest BCUT2D eigenvalue weighted by Gasteiger charge is 2.08. The lowest BCUT2D eigenvalue weighted by Gasteiger charge is -2.04. The molecule has 1 aromatic heterocycles. The van der Waals surface area contributed by atoms with E-state index in [9.17, 15) is 4.79 Å². The number of carbonyl (C=O) groups excluding carboxylic acids is 1. The Labute approximate surface area is 108 Å². The molecule has 2 rings (SSSR count). The second kappa shape index (κ2) is 5.21. The van der Waals surface area contributed by atoms with Gasteiger partial charge in [0.15, 0.2) is 6.39 Å². The summed E-state index contributed by atoms with van der Waals surface area (Å²) in [7, 11) is 0. The SMILES string of the molecule is O=C(NCc1cocn1)c1ccc(Cl)c(Cl)c1. The van der Waals surface area contributed by atoms with E-state index in [4.69, 9.17) is 27.6 Å². The number of hydrogen-bond donors (Lipinski definition) is 1. The van der Waals surface area contributed by atoms with Gasteiger partial charge in [0, 0.05) is 5.56 Å². The van der Waals surface area contributed by atoms with Crippen molar-refractivity contribution in [2.24, 2.45) is 0 Å². The molecule has 6 heteroatoms. The van der Waals surface area contributed by atoms with Gasteiger partial charge in [-0.3, -0.25) is 4.79 Å². The number of hydrogen-bond acceptors (Lipinski definition) is 3. The van der Waals surface area contributed by atoms with Crippen molar-refractivity contribution in [1.29, 1.82) is 0 Å². The Morgan fingerprint density at radius 1 is 1.35 bits per heavy atom. The number of nitrogens with one attached hydrogen (secondary N) is 1. The maximum atomic E-state index is 11.7. The third-order valence-corrected chi connectivity index (χ3v) is 2.83. The molecule has 0 fully saturated rings. The molecule has 0 saturated carbocycles. The molecule has 2 aromatic rings. The van der Waals surface area contributed by atoms with E-state index in [0.717, 1.165) is 0 Å². The number of amides is 1. The lowest BCUT2D eigenvalue weighted by molar-refractivity contribution is 0.0950. The number of halogens is 2. The van der Waals surface area contributed by atoms with Crippen LogP contribution in [-0.4, -0.2) is 10.9 Å². The van der Waals surface area contributed by atoms with E-state index < -0.39 is 0 Å². The Hall–Kier alpha value is -1.52. The highest BCUT2D eigenvalue weighted by Crippen LogP contribution is 2.22. The average Bonchev–Trinajstić information content (AvgIpc) is 2.82. The van der Waals surface area contributed by atoms with Crippen molar-refractivity contribution >= 4 is 29.1 Å². The molecule has 0 unspecified atom stereocenters. The molecule has 0 bridgehead atoms. The molecular formula is C11H8Cl2N2O2. The van der Waals surface area contributed by atoms with E-state index in [-0.39, 0.29) is 5.91 Å². The summed E-state index contributed by atoms with van der Waals surface area (Å²) in [6.07, 6.45) is 2.77. The number of carbonyl (C=O) groups is 1. The quantitative estimate of drug-likeness (QED) is 0.933. The first-order valence-electron chi connectivity index (χ1n) is 4.77. The van der Waals surface area contributed by atoms with E-state index in [1.807, 2.05) is 0 Å². The third kappa shape index (κ3) is 2.99. The monoisotopic (exact) mass is 270 g/mol. The summed E-state index contributed by atoms with van der Waals surface area (Å²) in [6.45, 7) is 0.301. The minimum Gasteiger partial charge on any atom is -0.451 e. The predicted molar refractivity (Wildman–Crippen MR) is 64.1 cm³/mol. The standard InChI is InChI=1S/C11H8Cl2N2O2/c12-9-2-1-7(3-10(9)13)11(16)14-4-8-5-17-6-15-8/h1-3,5-6H,4H2,(H,14,16). The van der Waals surface area contributed by atoms with Gasteiger partial charge in [-0.1, -0.05) is 23.2 Å². The molecule has 4 nitrogen and oxygen atoms in total.